The van der Waals surface area contributed by atoms with Crippen LogP contribution in [0.1, 0.15) is 24.8 Å². The van der Waals surface area contributed by atoms with Gasteiger partial charge >= 0.3 is 0 Å². The summed E-state index contributed by atoms with van der Waals surface area (Å²) in [5.41, 5.74) is 0. The highest BCUT2D eigenvalue weighted by atomic mass is 32.2. The summed E-state index contributed by atoms with van der Waals surface area (Å²) >= 11 is 3.23. The van der Waals surface area contributed by atoms with E-state index in [4.69, 9.17) is 0 Å². The average Bonchev–Trinajstić information content (AvgIpc) is 2.99. The molecular formula is C13H19N5S2. The van der Waals surface area contributed by atoms with Crippen LogP contribution >= 0.6 is 23.1 Å². The van der Waals surface area contributed by atoms with Crippen molar-refractivity contribution in [1.82, 2.24) is 15.0 Å². The van der Waals surface area contributed by atoms with Gasteiger partial charge in [0.15, 0.2) is 5.16 Å². The Hall–Kier alpha value is -1.34. The third-order valence-corrected chi connectivity index (χ3v) is 4.26. The molecule has 1 atom stereocenters. The molecule has 0 saturated heterocycles. The van der Waals surface area contributed by atoms with Crippen LogP contribution in [-0.2, 0) is 0 Å². The third kappa shape index (κ3) is 4.08. The largest absolute Gasteiger partial charge is 0.370 e. The van der Waals surface area contributed by atoms with Gasteiger partial charge in [0, 0.05) is 36.7 Å². The average molecular weight is 309 g/mol. The second kappa shape index (κ2) is 7.44. The SMILES string of the molecule is CCNc1cc(NCC(C)c2nccs2)nc(SC)n1. The number of thioether (sulfide) groups is 1. The minimum atomic E-state index is 0.366. The molecule has 0 aliphatic rings. The van der Waals surface area contributed by atoms with Gasteiger partial charge < -0.3 is 10.6 Å². The molecule has 2 aromatic heterocycles. The van der Waals surface area contributed by atoms with Crippen molar-refractivity contribution < 1.29 is 0 Å². The topological polar surface area (TPSA) is 62.7 Å². The van der Waals surface area contributed by atoms with Gasteiger partial charge in [-0.1, -0.05) is 18.7 Å². The molecule has 108 valence electrons. The maximum atomic E-state index is 4.47. The van der Waals surface area contributed by atoms with Gasteiger partial charge in [0.2, 0.25) is 0 Å². The van der Waals surface area contributed by atoms with Crippen LogP contribution < -0.4 is 10.6 Å². The van der Waals surface area contributed by atoms with E-state index in [1.807, 2.05) is 23.9 Å². The highest BCUT2D eigenvalue weighted by molar-refractivity contribution is 7.98. The van der Waals surface area contributed by atoms with Crippen molar-refractivity contribution in [2.24, 2.45) is 0 Å². The lowest BCUT2D eigenvalue weighted by Crippen LogP contribution is -2.12. The van der Waals surface area contributed by atoms with Crippen LogP contribution in [0.2, 0.25) is 0 Å². The molecule has 7 heteroatoms. The fourth-order valence-corrected chi connectivity index (χ4v) is 2.78. The standard InChI is InChI=1S/C13H19N5S2/c1-4-14-10-7-11(18-13(17-10)19-3)16-8-9(2)12-15-5-6-20-12/h5-7,9H,4,8H2,1-3H3,(H2,14,16,17,18). The van der Waals surface area contributed by atoms with Crippen LogP contribution in [0.3, 0.4) is 0 Å². The Balaban J connectivity index is 2.02. The maximum Gasteiger partial charge on any atom is 0.191 e. The van der Waals surface area contributed by atoms with Crippen molar-refractivity contribution in [2.45, 2.75) is 24.9 Å². The predicted octanol–water partition coefficient (Wildman–Crippen LogP) is 3.30. The lowest BCUT2D eigenvalue weighted by Gasteiger charge is -2.12. The molecular weight excluding hydrogens is 290 g/mol. The summed E-state index contributed by atoms with van der Waals surface area (Å²) in [6, 6.07) is 1.94. The van der Waals surface area contributed by atoms with Gasteiger partial charge in [-0.25, -0.2) is 15.0 Å². The van der Waals surface area contributed by atoms with Crippen molar-refractivity contribution in [3.8, 4) is 0 Å². The number of hydrogen-bond acceptors (Lipinski definition) is 7. The molecule has 0 aliphatic carbocycles. The van der Waals surface area contributed by atoms with E-state index >= 15 is 0 Å². The van der Waals surface area contributed by atoms with Crippen LogP contribution in [0.5, 0.6) is 0 Å². The van der Waals surface area contributed by atoms with E-state index in [2.05, 4.69) is 39.4 Å². The Bertz CT molecular complexity index is 530. The summed E-state index contributed by atoms with van der Waals surface area (Å²) in [6.07, 6.45) is 3.82. The zero-order valence-corrected chi connectivity index (χ0v) is 13.5. The first-order valence-electron chi connectivity index (χ1n) is 6.53. The van der Waals surface area contributed by atoms with Crippen LogP contribution in [-0.4, -0.2) is 34.3 Å². The van der Waals surface area contributed by atoms with Crippen molar-refractivity contribution in [3.05, 3.63) is 22.7 Å². The molecule has 2 heterocycles. The predicted molar refractivity (Wildman–Crippen MR) is 87.0 cm³/mol. The second-order valence-electron chi connectivity index (χ2n) is 4.31. The molecule has 0 aromatic carbocycles. The molecule has 0 saturated carbocycles. The molecule has 2 N–H and O–H groups in total. The molecule has 20 heavy (non-hydrogen) atoms. The Morgan fingerprint density at radius 1 is 1.30 bits per heavy atom. The molecule has 2 aromatic rings. The minimum Gasteiger partial charge on any atom is -0.370 e. The first kappa shape index (κ1) is 15.1. The van der Waals surface area contributed by atoms with E-state index in [9.17, 15) is 0 Å². The fraction of sp³-hybridized carbons (Fsp3) is 0.462. The molecule has 0 radical (unpaired) electrons. The second-order valence-corrected chi connectivity index (χ2v) is 6.01. The van der Waals surface area contributed by atoms with Gasteiger partial charge in [0.05, 0.1) is 5.01 Å². The smallest absolute Gasteiger partial charge is 0.191 e. The number of thiazole rings is 1. The number of hydrogen-bond donors (Lipinski definition) is 2. The molecule has 0 fully saturated rings. The summed E-state index contributed by atoms with van der Waals surface area (Å²) in [6.45, 7) is 5.87. The van der Waals surface area contributed by atoms with Gasteiger partial charge in [-0.2, -0.15) is 0 Å². The van der Waals surface area contributed by atoms with Gasteiger partial charge in [-0.15, -0.1) is 11.3 Å². The quantitative estimate of drug-likeness (QED) is 0.604. The molecule has 0 amide bonds. The normalized spacial score (nSPS) is 12.2. The van der Waals surface area contributed by atoms with E-state index in [1.54, 1.807) is 23.1 Å². The Kier molecular flexibility index (Phi) is 5.60. The van der Waals surface area contributed by atoms with Crippen molar-refractivity contribution in [1.29, 1.82) is 0 Å². The summed E-state index contributed by atoms with van der Waals surface area (Å²) < 4.78 is 0. The molecule has 0 aliphatic heterocycles. The summed E-state index contributed by atoms with van der Waals surface area (Å²) in [4.78, 5) is 13.2. The van der Waals surface area contributed by atoms with E-state index in [-0.39, 0.29) is 0 Å². The Labute approximate surface area is 127 Å². The number of nitrogens with one attached hydrogen (secondary N) is 2. The number of aromatic nitrogens is 3. The number of anilines is 2. The Morgan fingerprint density at radius 2 is 2.05 bits per heavy atom. The van der Waals surface area contributed by atoms with Crippen molar-refractivity contribution in [3.63, 3.8) is 0 Å². The van der Waals surface area contributed by atoms with E-state index in [0.717, 1.165) is 34.9 Å². The monoisotopic (exact) mass is 309 g/mol. The van der Waals surface area contributed by atoms with Crippen LogP contribution in [0.4, 0.5) is 11.6 Å². The van der Waals surface area contributed by atoms with Crippen LogP contribution in [0, 0.1) is 0 Å². The minimum absolute atomic E-state index is 0.366. The summed E-state index contributed by atoms with van der Waals surface area (Å²) in [5.74, 6) is 2.07. The lowest BCUT2D eigenvalue weighted by molar-refractivity contribution is 0.788. The van der Waals surface area contributed by atoms with E-state index < -0.39 is 0 Å². The van der Waals surface area contributed by atoms with Gasteiger partial charge in [0.1, 0.15) is 11.6 Å². The molecule has 5 nitrogen and oxygen atoms in total. The molecule has 2 rings (SSSR count). The fourth-order valence-electron chi connectivity index (χ4n) is 1.70. The van der Waals surface area contributed by atoms with Gasteiger partial charge in [0.25, 0.3) is 0 Å². The highest BCUT2D eigenvalue weighted by Crippen LogP contribution is 2.20. The first-order chi connectivity index (χ1) is 9.72. The number of rotatable bonds is 7. The molecule has 0 bridgehead atoms. The Morgan fingerprint density at radius 3 is 2.65 bits per heavy atom. The lowest BCUT2D eigenvalue weighted by atomic mass is 10.2. The van der Waals surface area contributed by atoms with E-state index in [0.29, 0.717) is 5.92 Å². The highest BCUT2D eigenvalue weighted by Gasteiger charge is 2.09. The zero-order valence-electron chi connectivity index (χ0n) is 11.9. The maximum absolute atomic E-state index is 4.47. The first-order valence-corrected chi connectivity index (χ1v) is 8.63. The van der Waals surface area contributed by atoms with Crippen LogP contribution in [0.25, 0.3) is 0 Å². The zero-order chi connectivity index (χ0) is 14.4. The van der Waals surface area contributed by atoms with E-state index in [1.165, 1.54) is 0 Å². The molecule has 0 spiro atoms. The van der Waals surface area contributed by atoms with Gasteiger partial charge in [-0.3, -0.25) is 0 Å². The third-order valence-electron chi connectivity index (χ3n) is 2.71. The van der Waals surface area contributed by atoms with Gasteiger partial charge in [-0.05, 0) is 13.2 Å². The summed E-state index contributed by atoms with van der Waals surface area (Å²) in [5, 5.41) is 10.5. The molecule has 1 unspecified atom stereocenters. The number of nitrogens with zero attached hydrogens (tertiary/aromatic N) is 3. The van der Waals surface area contributed by atoms with Crippen molar-refractivity contribution in [2.75, 3.05) is 30.0 Å². The summed E-state index contributed by atoms with van der Waals surface area (Å²) in [7, 11) is 0. The van der Waals surface area contributed by atoms with Crippen molar-refractivity contribution >= 4 is 34.7 Å². The van der Waals surface area contributed by atoms with Crippen LogP contribution in [0.15, 0.2) is 22.8 Å².